The van der Waals surface area contributed by atoms with Crippen molar-refractivity contribution in [2.45, 2.75) is 18.9 Å². The molecular formula is C11H13F2N3O2. The Labute approximate surface area is 102 Å². The average Bonchev–Trinajstić information content (AvgIpc) is 2.80. The highest BCUT2D eigenvalue weighted by molar-refractivity contribution is 5.53. The SMILES string of the molecule is O=[N+]([O-])c1cc(NCC2CCCN2)c(F)cc1F. The lowest BCUT2D eigenvalue weighted by Gasteiger charge is -2.13. The van der Waals surface area contributed by atoms with Gasteiger partial charge >= 0.3 is 5.69 Å². The zero-order chi connectivity index (χ0) is 13.1. The Hall–Kier alpha value is -1.76. The summed E-state index contributed by atoms with van der Waals surface area (Å²) in [6.07, 6.45) is 2.02. The molecule has 18 heavy (non-hydrogen) atoms. The van der Waals surface area contributed by atoms with Gasteiger partial charge in [-0.3, -0.25) is 10.1 Å². The van der Waals surface area contributed by atoms with E-state index in [1.54, 1.807) is 0 Å². The number of benzene rings is 1. The van der Waals surface area contributed by atoms with Gasteiger partial charge in [0.15, 0.2) is 0 Å². The molecule has 1 aliphatic rings. The highest BCUT2D eigenvalue weighted by Gasteiger charge is 2.19. The monoisotopic (exact) mass is 257 g/mol. The smallest absolute Gasteiger partial charge is 0.307 e. The third kappa shape index (κ3) is 2.73. The van der Waals surface area contributed by atoms with Gasteiger partial charge in [-0.05, 0) is 19.4 Å². The van der Waals surface area contributed by atoms with E-state index < -0.39 is 22.2 Å². The molecule has 1 aromatic rings. The molecule has 5 nitrogen and oxygen atoms in total. The molecule has 1 unspecified atom stereocenters. The van der Waals surface area contributed by atoms with Gasteiger partial charge < -0.3 is 10.6 Å². The molecule has 0 amide bonds. The number of anilines is 1. The summed E-state index contributed by atoms with van der Waals surface area (Å²) in [5.74, 6) is -1.99. The molecule has 1 heterocycles. The van der Waals surface area contributed by atoms with Crippen LogP contribution in [0, 0.1) is 21.7 Å². The Morgan fingerprint density at radius 2 is 2.22 bits per heavy atom. The topological polar surface area (TPSA) is 67.2 Å². The van der Waals surface area contributed by atoms with E-state index in [4.69, 9.17) is 0 Å². The number of rotatable bonds is 4. The predicted molar refractivity (Wildman–Crippen MR) is 62.5 cm³/mol. The van der Waals surface area contributed by atoms with E-state index in [0.717, 1.165) is 25.5 Å². The summed E-state index contributed by atoms with van der Waals surface area (Å²) in [4.78, 5) is 9.68. The van der Waals surface area contributed by atoms with Gasteiger partial charge in [0.2, 0.25) is 5.82 Å². The molecule has 2 N–H and O–H groups in total. The van der Waals surface area contributed by atoms with E-state index in [1.807, 2.05) is 0 Å². The highest BCUT2D eigenvalue weighted by atomic mass is 19.1. The molecule has 1 fully saturated rings. The molecule has 0 bridgehead atoms. The first-order chi connectivity index (χ1) is 8.58. The second kappa shape index (κ2) is 5.26. The van der Waals surface area contributed by atoms with Crippen LogP contribution < -0.4 is 10.6 Å². The normalized spacial score (nSPS) is 18.9. The fourth-order valence-electron chi connectivity index (χ4n) is 1.98. The van der Waals surface area contributed by atoms with Crippen molar-refractivity contribution in [2.24, 2.45) is 0 Å². The molecule has 0 radical (unpaired) electrons. The highest BCUT2D eigenvalue weighted by Crippen LogP contribution is 2.25. The fourth-order valence-corrected chi connectivity index (χ4v) is 1.98. The van der Waals surface area contributed by atoms with Crippen LogP contribution in [0.3, 0.4) is 0 Å². The minimum Gasteiger partial charge on any atom is -0.381 e. The Kier molecular flexibility index (Phi) is 3.71. The standard InChI is InChI=1S/C11H13F2N3O2/c12-8-4-9(13)11(16(17)18)5-10(8)15-6-7-2-1-3-14-7/h4-5,7,14-15H,1-3,6H2. The molecule has 98 valence electrons. The van der Waals surface area contributed by atoms with E-state index in [0.29, 0.717) is 12.6 Å². The van der Waals surface area contributed by atoms with E-state index in [2.05, 4.69) is 10.6 Å². The lowest BCUT2D eigenvalue weighted by Crippen LogP contribution is -2.29. The Balaban J connectivity index is 2.11. The number of nitrogens with zero attached hydrogens (tertiary/aromatic N) is 1. The molecule has 1 aromatic carbocycles. The quantitative estimate of drug-likeness (QED) is 0.639. The van der Waals surface area contributed by atoms with Crippen LogP contribution in [0.5, 0.6) is 0 Å². The van der Waals surface area contributed by atoms with Crippen molar-refractivity contribution < 1.29 is 13.7 Å². The van der Waals surface area contributed by atoms with Crippen LogP contribution in [0.1, 0.15) is 12.8 Å². The van der Waals surface area contributed by atoms with Crippen LogP contribution in [0.4, 0.5) is 20.2 Å². The number of nitro groups is 1. The number of nitrogens with one attached hydrogen (secondary N) is 2. The molecular weight excluding hydrogens is 244 g/mol. The van der Waals surface area contributed by atoms with Crippen molar-refractivity contribution in [3.05, 3.63) is 33.9 Å². The third-order valence-electron chi connectivity index (χ3n) is 2.93. The molecule has 0 saturated carbocycles. The minimum absolute atomic E-state index is 0.0446. The summed E-state index contributed by atoms with van der Waals surface area (Å²) in [5, 5.41) is 16.5. The molecule has 0 spiro atoms. The van der Waals surface area contributed by atoms with Crippen LogP contribution in [-0.4, -0.2) is 24.1 Å². The zero-order valence-corrected chi connectivity index (χ0v) is 9.58. The maximum atomic E-state index is 13.4. The molecule has 1 atom stereocenters. The number of hydrogen-bond acceptors (Lipinski definition) is 4. The summed E-state index contributed by atoms with van der Waals surface area (Å²) in [5.41, 5.74) is -0.768. The van der Waals surface area contributed by atoms with Crippen molar-refractivity contribution >= 4 is 11.4 Å². The Morgan fingerprint density at radius 1 is 1.44 bits per heavy atom. The van der Waals surface area contributed by atoms with E-state index in [1.165, 1.54) is 0 Å². The van der Waals surface area contributed by atoms with Gasteiger partial charge in [-0.1, -0.05) is 0 Å². The van der Waals surface area contributed by atoms with Crippen LogP contribution in [-0.2, 0) is 0 Å². The van der Waals surface area contributed by atoms with E-state index in [-0.39, 0.29) is 11.7 Å². The third-order valence-corrected chi connectivity index (χ3v) is 2.93. The number of hydrogen-bond donors (Lipinski definition) is 2. The first-order valence-corrected chi connectivity index (χ1v) is 5.68. The fraction of sp³-hybridized carbons (Fsp3) is 0.455. The molecule has 7 heteroatoms. The summed E-state index contributed by atoms with van der Waals surface area (Å²) in [6, 6.07) is 1.64. The second-order valence-corrected chi connectivity index (χ2v) is 4.21. The second-order valence-electron chi connectivity index (χ2n) is 4.21. The van der Waals surface area contributed by atoms with Crippen molar-refractivity contribution in [3.63, 3.8) is 0 Å². The van der Waals surface area contributed by atoms with E-state index >= 15 is 0 Å². The average molecular weight is 257 g/mol. The van der Waals surface area contributed by atoms with Crippen molar-refractivity contribution in [1.82, 2.24) is 5.32 Å². The van der Waals surface area contributed by atoms with Gasteiger partial charge in [0.1, 0.15) is 5.82 Å². The minimum atomic E-state index is -1.16. The van der Waals surface area contributed by atoms with Gasteiger partial charge in [-0.15, -0.1) is 0 Å². The molecule has 0 aromatic heterocycles. The van der Waals surface area contributed by atoms with Crippen molar-refractivity contribution in [1.29, 1.82) is 0 Å². The maximum Gasteiger partial charge on any atom is 0.307 e. The molecule has 0 aliphatic carbocycles. The van der Waals surface area contributed by atoms with Crippen molar-refractivity contribution in [3.8, 4) is 0 Å². The van der Waals surface area contributed by atoms with Crippen LogP contribution >= 0.6 is 0 Å². The summed E-state index contributed by atoms with van der Waals surface area (Å²) >= 11 is 0. The summed E-state index contributed by atoms with van der Waals surface area (Å²) < 4.78 is 26.5. The first-order valence-electron chi connectivity index (χ1n) is 5.68. The summed E-state index contributed by atoms with van der Waals surface area (Å²) in [7, 11) is 0. The van der Waals surface area contributed by atoms with Crippen molar-refractivity contribution in [2.75, 3.05) is 18.4 Å². The Morgan fingerprint density at radius 3 is 2.83 bits per heavy atom. The maximum absolute atomic E-state index is 13.4. The zero-order valence-electron chi connectivity index (χ0n) is 9.58. The molecule has 1 saturated heterocycles. The Bertz CT molecular complexity index is 462. The van der Waals surface area contributed by atoms with Crippen LogP contribution in [0.2, 0.25) is 0 Å². The number of halogens is 2. The lowest BCUT2D eigenvalue weighted by molar-refractivity contribution is -0.387. The van der Waals surface area contributed by atoms with Gasteiger partial charge in [-0.25, -0.2) is 4.39 Å². The van der Waals surface area contributed by atoms with Gasteiger partial charge in [0.25, 0.3) is 0 Å². The van der Waals surface area contributed by atoms with E-state index in [9.17, 15) is 18.9 Å². The largest absolute Gasteiger partial charge is 0.381 e. The van der Waals surface area contributed by atoms with Gasteiger partial charge in [-0.2, -0.15) is 4.39 Å². The van der Waals surface area contributed by atoms with Gasteiger partial charge in [0, 0.05) is 24.7 Å². The summed E-state index contributed by atoms with van der Waals surface area (Å²) in [6.45, 7) is 1.37. The number of nitro benzene ring substituents is 1. The van der Waals surface area contributed by atoms with Crippen LogP contribution in [0.25, 0.3) is 0 Å². The molecule has 1 aliphatic heterocycles. The predicted octanol–water partition coefficient (Wildman–Crippen LogP) is 2.04. The first kappa shape index (κ1) is 12.7. The van der Waals surface area contributed by atoms with Gasteiger partial charge in [0.05, 0.1) is 10.6 Å². The van der Waals surface area contributed by atoms with Crippen LogP contribution in [0.15, 0.2) is 12.1 Å². The lowest BCUT2D eigenvalue weighted by atomic mass is 10.2. The molecule has 2 rings (SSSR count).